The second-order valence-electron chi connectivity index (χ2n) is 5.70. The fourth-order valence-corrected chi connectivity index (χ4v) is 4.24. The van der Waals surface area contributed by atoms with Gasteiger partial charge in [-0.05, 0) is 47.4 Å². The first-order valence-electron chi connectivity index (χ1n) is 7.52. The highest BCUT2D eigenvalue weighted by Crippen LogP contribution is 2.37. The van der Waals surface area contributed by atoms with Crippen molar-refractivity contribution in [2.75, 3.05) is 13.1 Å². The van der Waals surface area contributed by atoms with Crippen molar-refractivity contribution >= 4 is 62.6 Å². The van der Waals surface area contributed by atoms with Crippen molar-refractivity contribution in [2.24, 2.45) is 5.92 Å². The molecule has 2 aromatic rings. The van der Waals surface area contributed by atoms with Crippen LogP contribution in [-0.2, 0) is 9.59 Å². The first kappa shape index (κ1) is 17.3. The van der Waals surface area contributed by atoms with E-state index in [4.69, 9.17) is 28.3 Å². The van der Waals surface area contributed by atoms with E-state index >= 15 is 0 Å². The van der Waals surface area contributed by atoms with Crippen LogP contribution in [0.5, 0.6) is 0 Å². The molecule has 7 heteroatoms. The molecular weight excluding hydrogens is 369 g/mol. The van der Waals surface area contributed by atoms with Crippen molar-refractivity contribution in [3.05, 3.63) is 39.2 Å². The van der Waals surface area contributed by atoms with Gasteiger partial charge < -0.3 is 10.0 Å². The van der Waals surface area contributed by atoms with E-state index in [1.165, 1.54) is 17.4 Å². The molecule has 0 saturated carbocycles. The summed E-state index contributed by atoms with van der Waals surface area (Å²) in [6.07, 6.45) is 4.11. The van der Waals surface area contributed by atoms with Crippen molar-refractivity contribution in [1.82, 2.24) is 4.90 Å². The van der Waals surface area contributed by atoms with Gasteiger partial charge in [0.05, 0.1) is 20.7 Å². The molecule has 1 saturated heterocycles. The van der Waals surface area contributed by atoms with Gasteiger partial charge in [0.1, 0.15) is 0 Å². The molecule has 1 aliphatic rings. The number of benzene rings is 1. The molecule has 1 N–H and O–H groups in total. The van der Waals surface area contributed by atoms with Crippen LogP contribution in [-0.4, -0.2) is 35.0 Å². The van der Waals surface area contributed by atoms with E-state index in [0.29, 0.717) is 41.5 Å². The predicted octanol–water partition coefficient (Wildman–Crippen LogP) is 4.54. The molecule has 0 atom stereocenters. The van der Waals surface area contributed by atoms with Gasteiger partial charge in [-0.2, -0.15) is 0 Å². The zero-order valence-electron chi connectivity index (χ0n) is 12.7. The molecule has 1 aliphatic heterocycles. The lowest BCUT2D eigenvalue weighted by atomic mass is 9.97. The number of carbonyl (C=O) groups excluding carboxylic acids is 1. The molecule has 0 spiro atoms. The maximum absolute atomic E-state index is 12.3. The predicted molar refractivity (Wildman–Crippen MR) is 97.8 cm³/mol. The van der Waals surface area contributed by atoms with E-state index < -0.39 is 5.97 Å². The minimum atomic E-state index is -0.789. The Labute approximate surface area is 153 Å². The number of nitrogens with zero attached hydrogens (tertiary/aromatic N) is 1. The first-order valence-corrected chi connectivity index (χ1v) is 9.16. The van der Waals surface area contributed by atoms with E-state index in [-0.39, 0.29) is 11.8 Å². The lowest BCUT2D eigenvalue weighted by molar-refractivity contribution is -0.144. The van der Waals surface area contributed by atoms with Crippen molar-refractivity contribution < 1.29 is 14.7 Å². The fourth-order valence-electron chi connectivity index (χ4n) is 2.80. The normalized spacial score (nSPS) is 16.2. The van der Waals surface area contributed by atoms with Crippen LogP contribution in [0.1, 0.15) is 18.4 Å². The standard InChI is InChI=1S/C17H15Cl2NO3S/c18-14-11(9-12-5-8-24-16(12)15(14)19)1-2-13(21)20-6-3-10(4-7-20)17(22)23/h1-2,5,8-10H,3-4,6-7H2,(H,22,23)/b2-1+. The molecule has 1 aromatic carbocycles. The number of hydrogen-bond donors (Lipinski definition) is 1. The van der Waals surface area contributed by atoms with Gasteiger partial charge in [-0.15, -0.1) is 11.3 Å². The summed E-state index contributed by atoms with van der Waals surface area (Å²) in [6, 6.07) is 3.86. The quantitative estimate of drug-likeness (QED) is 0.791. The lowest BCUT2D eigenvalue weighted by Gasteiger charge is -2.29. The zero-order chi connectivity index (χ0) is 17.3. The average molecular weight is 384 g/mol. The van der Waals surface area contributed by atoms with Crippen LogP contribution in [0.4, 0.5) is 0 Å². The highest BCUT2D eigenvalue weighted by Gasteiger charge is 2.26. The maximum atomic E-state index is 12.3. The third kappa shape index (κ3) is 3.43. The number of halogens is 2. The molecule has 1 aromatic heterocycles. The second-order valence-corrected chi connectivity index (χ2v) is 7.38. The van der Waals surface area contributed by atoms with Gasteiger partial charge in [-0.1, -0.05) is 23.2 Å². The number of fused-ring (bicyclic) bond motifs is 1. The second kappa shape index (κ2) is 7.13. The molecule has 4 nitrogen and oxygen atoms in total. The van der Waals surface area contributed by atoms with Crippen LogP contribution in [0.15, 0.2) is 23.6 Å². The van der Waals surface area contributed by atoms with Gasteiger partial charge in [0.25, 0.3) is 0 Å². The van der Waals surface area contributed by atoms with E-state index in [2.05, 4.69) is 0 Å². The number of likely N-dealkylation sites (tertiary alicyclic amines) is 1. The number of hydrogen-bond acceptors (Lipinski definition) is 3. The largest absolute Gasteiger partial charge is 0.481 e. The number of amides is 1. The van der Waals surface area contributed by atoms with Crippen LogP contribution in [0.25, 0.3) is 16.2 Å². The summed E-state index contributed by atoms with van der Waals surface area (Å²) in [6.45, 7) is 0.913. The van der Waals surface area contributed by atoms with E-state index in [9.17, 15) is 9.59 Å². The topological polar surface area (TPSA) is 57.6 Å². The van der Waals surface area contributed by atoms with Gasteiger partial charge in [0.2, 0.25) is 5.91 Å². The molecule has 1 amide bonds. The van der Waals surface area contributed by atoms with Crippen molar-refractivity contribution in [2.45, 2.75) is 12.8 Å². The van der Waals surface area contributed by atoms with Crippen LogP contribution in [0, 0.1) is 5.92 Å². The van der Waals surface area contributed by atoms with E-state index in [1.807, 2.05) is 17.5 Å². The van der Waals surface area contributed by atoms with E-state index in [0.717, 1.165) is 10.1 Å². The third-order valence-electron chi connectivity index (χ3n) is 4.21. The number of rotatable bonds is 3. The molecular formula is C17H15Cl2NO3S. The monoisotopic (exact) mass is 383 g/mol. The molecule has 1 fully saturated rings. The number of thiophene rings is 1. The molecule has 0 aliphatic carbocycles. The summed E-state index contributed by atoms with van der Waals surface area (Å²) >= 11 is 14.1. The number of piperidine rings is 1. The summed E-state index contributed by atoms with van der Waals surface area (Å²) < 4.78 is 0.931. The van der Waals surface area contributed by atoms with Gasteiger partial charge >= 0.3 is 5.97 Å². The fraction of sp³-hybridized carbons (Fsp3) is 0.294. The summed E-state index contributed by atoms with van der Waals surface area (Å²) in [7, 11) is 0. The summed E-state index contributed by atoms with van der Waals surface area (Å²) in [5.74, 6) is -1.29. The Hall–Kier alpha value is -1.56. The number of carboxylic acids is 1. The van der Waals surface area contributed by atoms with Crippen molar-refractivity contribution in [3.63, 3.8) is 0 Å². The van der Waals surface area contributed by atoms with Crippen LogP contribution in [0.3, 0.4) is 0 Å². The van der Waals surface area contributed by atoms with Gasteiger partial charge in [0.15, 0.2) is 0 Å². The number of carbonyl (C=O) groups is 2. The lowest BCUT2D eigenvalue weighted by Crippen LogP contribution is -2.39. The molecule has 0 bridgehead atoms. The van der Waals surface area contributed by atoms with Gasteiger partial charge in [-0.3, -0.25) is 9.59 Å². The number of aliphatic carboxylic acids is 1. The Morgan fingerprint density at radius 1 is 1.25 bits per heavy atom. The van der Waals surface area contributed by atoms with Gasteiger partial charge in [0, 0.05) is 19.2 Å². The number of carboxylic acid groups (broad SMARTS) is 1. The minimum Gasteiger partial charge on any atom is -0.481 e. The maximum Gasteiger partial charge on any atom is 0.306 e. The van der Waals surface area contributed by atoms with E-state index in [1.54, 1.807) is 11.0 Å². The SMILES string of the molecule is O=C(O)C1CCN(C(=O)/C=C/c2cc3ccsc3c(Cl)c2Cl)CC1. The van der Waals surface area contributed by atoms with Crippen molar-refractivity contribution in [3.8, 4) is 0 Å². The minimum absolute atomic E-state index is 0.142. The molecule has 0 radical (unpaired) electrons. The molecule has 2 heterocycles. The molecule has 0 unspecified atom stereocenters. The third-order valence-corrected chi connectivity index (χ3v) is 6.16. The Morgan fingerprint density at radius 2 is 1.96 bits per heavy atom. The van der Waals surface area contributed by atoms with Gasteiger partial charge in [-0.25, -0.2) is 0 Å². The highest BCUT2D eigenvalue weighted by atomic mass is 35.5. The Kier molecular flexibility index (Phi) is 5.13. The Balaban J connectivity index is 1.73. The molecule has 24 heavy (non-hydrogen) atoms. The Bertz CT molecular complexity index is 823. The van der Waals surface area contributed by atoms with Crippen LogP contribution >= 0.6 is 34.5 Å². The smallest absolute Gasteiger partial charge is 0.306 e. The summed E-state index contributed by atoms with van der Waals surface area (Å²) in [5, 5.41) is 12.9. The molecule has 3 rings (SSSR count). The molecule has 126 valence electrons. The first-order chi connectivity index (χ1) is 11.5. The van der Waals surface area contributed by atoms with Crippen molar-refractivity contribution in [1.29, 1.82) is 0 Å². The van der Waals surface area contributed by atoms with Crippen LogP contribution < -0.4 is 0 Å². The average Bonchev–Trinajstić information content (AvgIpc) is 3.05. The highest BCUT2D eigenvalue weighted by molar-refractivity contribution is 7.18. The summed E-state index contributed by atoms with van der Waals surface area (Å²) in [5.41, 5.74) is 0.696. The Morgan fingerprint density at radius 3 is 2.62 bits per heavy atom. The van der Waals surface area contributed by atoms with Crippen LogP contribution in [0.2, 0.25) is 10.0 Å². The summed E-state index contributed by atoms with van der Waals surface area (Å²) in [4.78, 5) is 24.9. The zero-order valence-corrected chi connectivity index (χ0v) is 15.0.